The summed E-state index contributed by atoms with van der Waals surface area (Å²) in [5.41, 5.74) is 2.12. The van der Waals surface area contributed by atoms with Crippen molar-refractivity contribution in [2.45, 2.75) is 51.5 Å². The molecule has 4 fully saturated rings. The van der Waals surface area contributed by atoms with Crippen molar-refractivity contribution in [2.24, 2.45) is 23.2 Å². The van der Waals surface area contributed by atoms with Gasteiger partial charge in [0.2, 0.25) is 5.91 Å². The Bertz CT molecular complexity index is 765. The number of hydrogen-bond acceptors (Lipinski definition) is 4. The molecule has 4 bridgehead atoms. The largest absolute Gasteiger partial charge is 0.350 e. The third-order valence-electron chi connectivity index (χ3n) is 6.60. The van der Waals surface area contributed by atoms with E-state index in [1.807, 2.05) is 23.6 Å². The summed E-state index contributed by atoms with van der Waals surface area (Å²) >= 11 is 1.58. The lowest BCUT2D eigenvalue weighted by atomic mass is 9.49. The van der Waals surface area contributed by atoms with Gasteiger partial charge in [-0.25, -0.2) is 4.98 Å². The molecule has 4 aliphatic carbocycles. The van der Waals surface area contributed by atoms with Crippen LogP contribution in [0.1, 0.15) is 50.6 Å². The van der Waals surface area contributed by atoms with Crippen LogP contribution >= 0.6 is 11.3 Å². The molecule has 26 heavy (non-hydrogen) atoms. The summed E-state index contributed by atoms with van der Waals surface area (Å²) in [5, 5.41) is 6.06. The molecule has 2 heterocycles. The van der Waals surface area contributed by atoms with Gasteiger partial charge in [-0.05, 0) is 73.8 Å². The summed E-state index contributed by atoms with van der Waals surface area (Å²) in [6.45, 7) is 0.522. The first-order valence-corrected chi connectivity index (χ1v) is 10.7. The van der Waals surface area contributed by atoms with E-state index in [1.165, 1.54) is 38.5 Å². The van der Waals surface area contributed by atoms with Crippen molar-refractivity contribution in [3.05, 3.63) is 35.5 Å². The molecule has 0 atom stereocenters. The van der Waals surface area contributed by atoms with Crippen LogP contribution in [0.4, 0.5) is 0 Å². The summed E-state index contributed by atoms with van der Waals surface area (Å²) in [4.78, 5) is 21.6. The van der Waals surface area contributed by atoms with Crippen molar-refractivity contribution < 1.29 is 4.79 Å². The van der Waals surface area contributed by atoms with Gasteiger partial charge in [-0.15, -0.1) is 11.3 Å². The Morgan fingerprint density at radius 3 is 2.54 bits per heavy atom. The lowest BCUT2D eigenvalue weighted by Gasteiger charge is -2.56. The zero-order valence-corrected chi connectivity index (χ0v) is 15.8. The standard InChI is InChI=1S/C21H25N3OS/c25-19(11-21-8-14-5-15(9-21)7-16(6-14)10-21)23-12-17-13-26-20(24-17)18-3-1-2-4-22-18/h1-4,13-16H,5-12H2,(H,23,25). The normalized spacial score (nSPS) is 31.9. The Morgan fingerprint density at radius 2 is 1.88 bits per heavy atom. The van der Waals surface area contributed by atoms with Gasteiger partial charge in [-0.2, -0.15) is 0 Å². The predicted octanol–water partition coefficient (Wildman–Crippen LogP) is 4.43. The molecule has 0 radical (unpaired) electrons. The molecule has 2 aromatic rings. The average molecular weight is 368 g/mol. The predicted molar refractivity (Wildman–Crippen MR) is 102 cm³/mol. The summed E-state index contributed by atoms with van der Waals surface area (Å²) in [6.07, 6.45) is 10.6. The van der Waals surface area contributed by atoms with Crippen LogP contribution in [0.5, 0.6) is 0 Å². The second-order valence-corrected chi connectivity index (χ2v) is 9.59. The molecule has 5 heteroatoms. The molecular formula is C21H25N3OS. The first-order chi connectivity index (χ1) is 12.7. The molecule has 4 aliphatic rings. The molecule has 1 N–H and O–H groups in total. The van der Waals surface area contributed by atoms with Crippen LogP contribution < -0.4 is 5.32 Å². The number of nitrogens with one attached hydrogen (secondary N) is 1. The molecule has 0 spiro atoms. The van der Waals surface area contributed by atoms with E-state index in [4.69, 9.17) is 0 Å². The average Bonchev–Trinajstić information content (AvgIpc) is 3.08. The highest BCUT2D eigenvalue weighted by atomic mass is 32.1. The van der Waals surface area contributed by atoms with Crippen molar-refractivity contribution in [1.82, 2.24) is 15.3 Å². The monoisotopic (exact) mass is 367 g/mol. The van der Waals surface area contributed by atoms with Gasteiger partial charge in [0.1, 0.15) is 5.01 Å². The maximum absolute atomic E-state index is 12.6. The minimum Gasteiger partial charge on any atom is -0.350 e. The molecule has 4 saturated carbocycles. The van der Waals surface area contributed by atoms with Gasteiger partial charge in [0.15, 0.2) is 0 Å². The topological polar surface area (TPSA) is 54.9 Å². The van der Waals surface area contributed by atoms with Crippen molar-refractivity contribution >= 4 is 17.2 Å². The first kappa shape index (κ1) is 16.4. The number of carbonyl (C=O) groups is 1. The van der Waals surface area contributed by atoms with E-state index < -0.39 is 0 Å². The number of rotatable bonds is 5. The quantitative estimate of drug-likeness (QED) is 0.851. The Kier molecular flexibility index (Phi) is 4.07. The molecule has 136 valence electrons. The zero-order chi connectivity index (χ0) is 17.6. The minimum absolute atomic E-state index is 0.208. The minimum atomic E-state index is 0.208. The Hall–Kier alpha value is -1.75. The number of aromatic nitrogens is 2. The lowest BCUT2D eigenvalue weighted by molar-refractivity contribution is -0.129. The molecule has 6 rings (SSSR count). The van der Waals surface area contributed by atoms with E-state index in [0.29, 0.717) is 18.4 Å². The van der Waals surface area contributed by atoms with Crippen molar-refractivity contribution in [2.75, 3.05) is 0 Å². The smallest absolute Gasteiger partial charge is 0.220 e. The second-order valence-electron chi connectivity index (χ2n) is 8.73. The summed E-state index contributed by atoms with van der Waals surface area (Å²) < 4.78 is 0. The van der Waals surface area contributed by atoms with Gasteiger partial charge in [0, 0.05) is 18.0 Å². The number of nitrogens with zero attached hydrogens (tertiary/aromatic N) is 2. The number of amides is 1. The van der Waals surface area contributed by atoms with Crippen LogP contribution in [-0.4, -0.2) is 15.9 Å². The van der Waals surface area contributed by atoms with Gasteiger partial charge in [-0.3, -0.25) is 9.78 Å². The van der Waals surface area contributed by atoms with E-state index in [-0.39, 0.29) is 5.91 Å². The van der Waals surface area contributed by atoms with Crippen LogP contribution in [0.15, 0.2) is 29.8 Å². The molecule has 2 aromatic heterocycles. The molecule has 0 unspecified atom stereocenters. The molecule has 0 aliphatic heterocycles. The third kappa shape index (κ3) is 3.18. The zero-order valence-electron chi connectivity index (χ0n) is 15.0. The van der Waals surface area contributed by atoms with Crippen molar-refractivity contribution in [1.29, 1.82) is 0 Å². The molecule has 1 amide bonds. The maximum Gasteiger partial charge on any atom is 0.220 e. The fraction of sp³-hybridized carbons (Fsp3) is 0.571. The van der Waals surface area contributed by atoms with E-state index >= 15 is 0 Å². The fourth-order valence-electron chi connectivity index (χ4n) is 6.09. The fourth-order valence-corrected chi connectivity index (χ4v) is 6.89. The number of thiazole rings is 1. The number of carbonyl (C=O) groups excluding carboxylic acids is 1. The van der Waals surface area contributed by atoms with Crippen LogP contribution in [0, 0.1) is 23.2 Å². The Labute approximate surface area is 158 Å². The van der Waals surface area contributed by atoms with Gasteiger partial charge in [-0.1, -0.05) is 6.07 Å². The van der Waals surface area contributed by atoms with Crippen LogP contribution in [0.3, 0.4) is 0 Å². The third-order valence-corrected chi connectivity index (χ3v) is 7.52. The summed E-state index contributed by atoms with van der Waals surface area (Å²) in [6, 6.07) is 5.84. The highest BCUT2D eigenvalue weighted by Gasteiger charge is 2.51. The van der Waals surface area contributed by atoms with E-state index in [2.05, 4.69) is 15.3 Å². The van der Waals surface area contributed by atoms with Crippen LogP contribution in [0.25, 0.3) is 10.7 Å². The maximum atomic E-state index is 12.6. The Morgan fingerprint density at radius 1 is 1.15 bits per heavy atom. The summed E-state index contributed by atoms with van der Waals surface area (Å²) in [5.74, 6) is 2.90. The van der Waals surface area contributed by atoms with Crippen LogP contribution in [-0.2, 0) is 11.3 Å². The van der Waals surface area contributed by atoms with Gasteiger partial charge in [0.25, 0.3) is 0 Å². The molecule has 4 nitrogen and oxygen atoms in total. The molecule has 0 aromatic carbocycles. The Balaban J connectivity index is 1.19. The SMILES string of the molecule is O=C(CC12CC3CC(CC(C3)C1)C2)NCc1csc(-c2ccccn2)n1. The number of pyridine rings is 1. The highest BCUT2D eigenvalue weighted by molar-refractivity contribution is 7.13. The molecule has 0 saturated heterocycles. The highest BCUT2D eigenvalue weighted by Crippen LogP contribution is 2.61. The van der Waals surface area contributed by atoms with Crippen molar-refractivity contribution in [3.8, 4) is 10.7 Å². The van der Waals surface area contributed by atoms with Gasteiger partial charge in [0.05, 0.1) is 17.9 Å². The van der Waals surface area contributed by atoms with E-state index in [0.717, 1.165) is 34.1 Å². The van der Waals surface area contributed by atoms with Crippen molar-refractivity contribution in [3.63, 3.8) is 0 Å². The summed E-state index contributed by atoms with van der Waals surface area (Å²) in [7, 11) is 0. The number of hydrogen-bond donors (Lipinski definition) is 1. The molecular weight excluding hydrogens is 342 g/mol. The van der Waals surface area contributed by atoms with E-state index in [1.54, 1.807) is 17.5 Å². The van der Waals surface area contributed by atoms with Crippen LogP contribution in [0.2, 0.25) is 0 Å². The van der Waals surface area contributed by atoms with Gasteiger partial charge < -0.3 is 5.32 Å². The van der Waals surface area contributed by atoms with E-state index in [9.17, 15) is 4.79 Å². The van der Waals surface area contributed by atoms with Gasteiger partial charge >= 0.3 is 0 Å². The second kappa shape index (κ2) is 6.45. The first-order valence-electron chi connectivity index (χ1n) is 9.80. The lowest BCUT2D eigenvalue weighted by Crippen LogP contribution is -2.47.